The summed E-state index contributed by atoms with van der Waals surface area (Å²) in [4.78, 5) is 12.2. The molecule has 1 aliphatic heterocycles. The molecule has 4 heteroatoms. The molecule has 0 amide bonds. The van der Waals surface area contributed by atoms with Gasteiger partial charge in [0, 0.05) is 6.42 Å². The van der Waals surface area contributed by atoms with Gasteiger partial charge in [-0.25, -0.2) is 0 Å². The van der Waals surface area contributed by atoms with Crippen LogP contribution in [0.4, 0.5) is 0 Å². The predicted molar refractivity (Wildman–Crippen MR) is 69.3 cm³/mol. The molecular weight excluding hydrogens is 244 g/mol. The first-order chi connectivity index (χ1) is 8.92. The number of hydrogen-bond acceptors (Lipinski definition) is 4. The summed E-state index contributed by atoms with van der Waals surface area (Å²) in [6, 6.07) is 0. The lowest BCUT2D eigenvalue weighted by Gasteiger charge is -2.36. The molecule has 1 heterocycles. The highest BCUT2D eigenvalue weighted by molar-refractivity contribution is 5.74. The van der Waals surface area contributed by atoms with E-state index < -0.39 is 5.79 Å². The highest BCUT2D eigenvalue weighted by Gasteiger charge is 2.66. The second-order valence-corrected chi connectivity index (χ2v) is 6.96. The molecule has 1 saturated heterocycles. The molecule has 108 valence electrons. The van der Waals surface area contributed by atoms with Crippen LogP contribution in [0.1, 0.15) is 33.6 Å². The van der Waals surface area contributed by atoms with E-state index in [4.69, 9.17) is 14.2 Å². The summed E-state index contributed by atoms with van der Waals surface area (Å²) in [6.07, 6.45) is 1.89. The van der Waals surface area contributed by atoms with Crippen molar-refractivity contribution in [2.45, 2.75) is 39.4 Å². The second-order valence-electron chi connectivity index (χ2n) is 6.96. The first-order valence-electron chi connectivity index (χ1n) is 7.28. The molecule has 19 heavy (non-hydrogen) atoms. The van der Waals surface area contributed by atoms with Gasteiger partial charge >= 0.3 is 5.97 Å². The van der Waals surface area contributed by atoms with Gasteiger partial charge in [-0.1, -0.05) is 20.8 Å². The SMILES string of the molecule is COC(=O)C1C(C)CC2C(CC13OCCO3)C2(C)C. The van der Waals surface area contributed by atoms with Crippen LogP contribution in [-0.2, 0) is 19.0 Å². The summed E-state index contributed by atoms with van der Waals surface area (Å²) in [5.41, 5.74) is 0.359. The van der Waals surface area contributed by atoms with Gasteiger partial charge in [-0.3, -0.25) is 4.79 Å². The van der Waals surface area contributed by atoms with E-state index in [1.54, 1.807) is 0 Å². The van der Waals surface area contributed by atoms with Crippen LogP contribution in [0.25, 0.3) is 0 Å². The van der Waals surface area contributed by atoms with E-state index in [-0.39, 0.29) is 17.8 Å². The molecule has 2 aliphatic carbocycles. The van der Waals surface area contributed by atoms with E-state index >= 15 is 0 Å². The zero-order valence-electron chi connectivity index (χ0n) is 12.3. The topological polar surface area (TPSA) is 44.8 Å². The van der Waals surface area contributed by atoms with Gasteiger partial charge in [0.05, 0.1) is 20.3 Å². The molecule has 4 atom stereocenters. The van der Waals surface area contributed by atoms with Crippen LogP contribution < -0.4 is 0 Å². The van der Waals surface area contributed by atoms with Gasteiger partial charge in [-0.05, 0) is 29.6 Å². The molecule has 3 aliphatic rings. The number of methoxy groups -OCH3 is 1. The molecule has 4 unspecified atom stereocenters. The van der Waals surface area contributed by atoms with Crippen molar-refractivity contribution < 1.29 is 19.0 Å². The summed E-state index contributed by atoms with van der Waals surface area (Å²) in [5.74, 6) is 0.309. The number of carbonyl (C=O) groups is 1. The third-order valence-corrected chi connectivity index (χ3v) is 5.69. The van der Waals surface area contributed by atoms with Crippen molar-refractivity contribution in [2.75, 3.05) is 20.3 Å². The van der Waals surface area contributed by atoms with E-state index in [1.807, 2.05) is 0 Å². The molecule has 3 fully saturated rings. The first kappa shape index (κ1) is 13.4. The Bertz CT molecular complexity index is 384. The highest BCUT2D eigenvalue weighted by Crippen LogP contribution is 2.67. The van der Waals surface area contributed by atoms with Crippen LogP contribution in [0.5, 0.6) is 0 Å². The smallest absolute Gasteiger partial charge is 0.314 e. The Balaban J connectivity index is 1.93. The number of carbonyl (C=O) groups excluding carboxylic acids is 1. The lowest BCUT2D eigenvalue weighted by atomic mass is 9.81. The zero-order chi connectivity index (χ0) is 13.8. The quantitative estimate of drug-likeness (QED) is 0.684. The first-order valence-corrected chi connectivity index (χ1v) is 7.28. The van der Waals surface area contributed by atoms with Gasteiger partial charge in [0.25, 0.3) is 0 Å². The molecule has 4 nitrogen and oxygen atoms in total. The standard InChI is InChI=1S/C15H24O4/c1-9-7-10-11(14(10,2)3)8-15(18-5-6-19-15)12(9)13(16)17-4/h9-12H,5-8H2,1-4H3. The van der Waals surface area contributed by atoms with Crippen LogP contribution in [0.3, 0.4) is 0 Å². The molecule has 2 saturated carbocycles. The summed E-state index contributed by atoms with van der Waals surface area (Å²) in [5, 5.41) is 0. The highest BCUT2D eigenvalue weighted by atomic mass is 16.7. The molecule has 1 spiro atoms. The van der Waals surface area contributed by atoms with Crippen molar-refractivity contribution in [3.8, 4) is 0 Å². The maximum absolute atomic E-state index is 12.2. The molecule has 3 rings (SSSR count). The predicted octanol–water partition coefficient (Wildman–Crippen LogP) is 2.22. The van der Waals surface area contributed by atoms with E-state index in [1.165, 1.54) is 7.11 Å². The summed E-state index contributed by atoms with van der Waals surface area (Å²) >= 11 is 0. The summed E-state index contributed by atoms with van der Waals surface area (Å²) in [7, 11) is 1.45. The fourth-order valence-electron chi connectivity index (χ4n) is 4.44. The van der Waals surface area contributed by atoms with Crippen LogP contribution in [0.15, 0.2) is 0 Å². The molecular formula is C15H24O4. The number of esters is 1. The number of hydrogen-bond donors (Lipinski definition) is 0. The van der Waals surface area contributed by atoms with E-state index in [0.717, 1.165) is 12.8 Å². The second kappa shape index (κ2) is 4.19. The van der Waals surface area contributed by atoms with Gasteiger partial charge < -0.3 is 14.2 Å². The average molecular weight is 268 g/mol. The number of rotatable bonds is 1. The monoisotopic (exact) mass is 268 g/mol. The number of ether oxygens (including phenoxy) is 3. The molecule has 0 N–H and O–H groups in total. The van der Waals surface area contributed by atoms with Gasteiger partial charge in [0.1, 0.15) is 5.92 Å². The fraction of sp³-hybridized carbons (Fsp3) is 0.933. The molecule has 0 aromatic carbocycles. The zero-order valence-corrected chi connectivity index (χ0v) is 12.3. The minimum atomic E-state index is -0.736. The van der Waals surface area contributed by atoms with E-state index in [0.29, 0.717) is 30.5 Å². The van der Waals surface area contributed by atoms with Crippen LogP contribution >= 0.6 is 0 Å². The van der Waals surface area contributed by atoms with Crippen LogP contribution in [-0.4, -0.2) is 32.1 Å². The largest absolute Gasteiger partial charge is 0.469 e. The van der Waals surface area contributed by atoms with E-state index in [2.05, 4.69) is 20.8 Å². The van der Waals surface area contributed by atoms with Gasteiger partial charge in [0.15, 0.2) is 5.79 Å². The molecule has 0 aromatic rings. The molecule has 0 aromatic heterocycles. The Labute approximate surface area is 114 Å². The van der Waals surface area contributed by atoms with E-state index in [9.17, 15) is 4.79 Å². The Kier molecular flexibility index (Phi) is 2.95. The average Bonchev–Trinajstić information content (AvgIpc) is 2.73. The van der Waals surface area contributed by atoms with Crippen molar-refractivity contribution >= 4 is 5.97 Å². The van der Waals surface area contributed by atoms with Crippen molar-refractivity contribution in [1.82, 2.24) is 0 Å². The van der Waals surface area contributed by atoms with Gasteiger partial charge in [-0.2, -0.15) is 0 Å². The Morgan fingerprint density at radius 2 is 1.84 bits per heavy atom. The maximum Gasteiger partial charge on any atom is 0.314 e. The minimum Gasteiger partial charge on any atom is -0.469 e. The minimum absolute atomic E-state index is 0.187. The summed E-state index contributed by atoms with van der Waals surface area (Å²) in [6.45, 7) is 7.92. The lowest BCUT2D eigenvalue weighted by molar-refractivity contribution is -0.221. The maximum atomic E-state index is 12.2. The van der Waals surface area contributed by atoms with Crippen molar-refractivity contribution in [1.29, 1.82) is 0 Å². The molecule has 0 radical (unpaired) electrons. The van der Waals surface area contributed by atoms with Crippen molar-refractivity contribution in [2.24, 2.45) is 29.1 Å². The Hall–Kier alpha value is -0.610. The Morgan fingerprint density at radius 3 is 2.42 bits per heavy atom. The lowest BCUT2D eigenvalue weighted by Crippen LogP contribution is -2.47. The molecule has 0 bridgehead atoms. The Morgan fingerprint density at radius 1 is 1.21 bits per heavy atom. The number of fused-ring (bicyclic) bond motifs is 1. The third kappa shape index (κ3) is 1.83. The normalized spacial score (nSPS) is 42.5. The van der Waals surface area contributed by atoms with Gasteiger partial charge in [-0.15, -0.1) is 0 Å². The third-order valence-electron chi connectivity index (χ3n) is 5.69. The van der Waals surface area contributed by atoms with Gasteiger partial charge in [0.2, 0.25) is 0 Å². The van der Waals surface area contributed by atoms with Crippen LogP contribution in [0.2, 0.25) is 0 Å². The van der Waals surface area contributed by atoms with Crippen molar-refractivity contribution in [3.05, 3.63) is 0 Å². The fourth-order valence-corrected chi connectivity index (χ4v) is 4.44. The van der Waals surface area contributed by atoms with Crippen molar-refractivity contribution in [3.63, 3.8) is 0 Å². The summed E-state index contributed by atoms with van der Waals surface area (Å²) < 4.78 is 16.9. The van der Waals surface area contributed by atoms with Crippen LogP contribution in [0, 0.1) is 29.1 Å².